The van der Waals surface area contributed by atoms with Crippen LogP contribution in [-0.2, 0) is 23.4 Å². The van der Waals surface area contributed by atoms with Gasteiger partial charge in [0.25, 0.3) is 5.92 Å². The van der Waals surface area contributed by atoms with E-state index in [1.807, 2.05) is 13.8 Å². The molecule has 278 valence electrons. The van der Waals surface area contributed by atoms with Crippen LogP contribution in [0.3, 0.4) is 0 Å². The van der Waals surface area contributed by atoms with Gasteiger partial charge in [-0.05, 0) is 95.2 Å². The summed E-state index contributed by atoms with van der Waals surface area (Å²) >= 11 is 0. The Morgan fingerprint density at radius 1 is 0.936 bits per heavy atom. The first-order valence-electron chi connectivity index (χ1n) is 19.3. The minimum Gasteiger partial charge on any atom is -0.463 e. The Kier molecular flexibility index (Phi) is 18.9. The van der Waals surface area contributed by atoms with Crippen LogP contribution in [0.15, 0.2) is 0 Å². The highest BCUT2D eigenvalue weighted by Crippen LogP contribution is 2.45. The fraction of sp³-hybridized carbons (Fsp3) is 0.974. The summed E-state index contributed by atoms with van der Waals surface area (Å²) < 4.78 is 56.2. The van der Waals surface area contributed by atoms with Gasteiger partial charge < -0.3 is 23.7 Å². The van der Waals surface area contributed by atoms with Crippen molar-refractivity contribution in [3.8, 4) is 0 Å². The van der Waals surface area contributed by atoms with Crippen LogP contribution in [0.5, 0.6) is 0 Å². The van der Waals surface area contributed by atoms with Crippen molar-refractivity contribution in [3.05, 3.63) is 0 Å². The van der Waals surface area contributed by atoms with Crippen molar-refractivity contribution < 1.29 is 37.3 Å². The van der Waals surface area contributed by atoms with Gasteiger partial charge >= 0.3 is 5.97 Å². The monoisotopic (exact) mass is 691 g/mol. The van der Waals surface area contributed by atoms with E-state index in [1.54, 1.807) is 0 Å². The van der Waals surface area contributed by atoms with Crippen LogP contribution >= 0.6 is 0 Å². The Balaban J connectivity index is 2.07. The van der Waals surface area contributed by atoms with E-state index < -0.39 is 26.4 Å². The molecule has 0 aromatic carbocycles. The van der Waals surface area contributed by atoms with Gasteiger partial charge in [-0.2, -0.15) is 0 Å². The van der Waals surface area contributed by atoms with Gasteiger partial charge in [-0.15, -0.1) is 0 Å². The lowest BCUT2D eigenvalue weighted by molar-refractivity contribution is -0.197. The number of carbonyl (C=O) groups excluding carboxylic acids is 1. The van der Waals surface area contributed by atoms with E-state index in [0.717, 1.165) is 83.5 Å². The zero-order valence-electron chi connectivity index (χ0n) is 31.4. The first kappa shape index (κ1) is 42.6. The predicted octanol–water partition coefficient (Wildman–Crippen LogP) is 10.7. The number of hydrogen-bond acceptors (Lipinski definition) is 6. The molecule has 6 atom stereocenters. The lowest BCUT2D eigenvalue weighted by Gasteiger charge is -2.42. The Hall–Kier alpha value is -0.613. The lowest BCUT2D eigenvalue weighted by atomic mass is 9.84. The topological polar surface area (TPSA) is 74.2 Å². The van der Waals surface area contributed by atoms with Gasteiger partial charge in [-0.3, -0.25) is 4.79 Å². The minimum atomic E-state index is -2.90. The summed E-state index contributed by atoms with van der Waals surface area (Å²) in [6, 6.07) is 0. The Bertz CT molecular complexity index is 858. The van der Waals surface area contributed by atoms with Gasteiger partial charge in [0, 0.05) is 25.9 Å². The fourth-order valence-corrected chi connectivity index (χ4v) is 8.34. The largest absolute Gasteiger partial charge is 0.463 e. The van der Waals surface area contributed by atoms with Crippen molar-refractivity contribution in [2.24, 2.45) is 11.8 Å². The standard InChI is InChI=1S/C38H72F2O6Si/c1-9-10-11-19-26-38(39,40)34(46-47(7,8)37(4,5)6)25-24-31-30(32(41)28-33(31)45-36-23-18-20-27-43-36)21-16-14-12-13-15-17-22-35(42)44-29(2)3/h29-34,36,41H,9-28H2,1-8H3. The van der Waals surface area contributed by atoms with Crippen LogP contribution in [0.4, 0.5) is 8.78 Å². The molecule has 1 aliphatic heterocycles. The Labute approximate surface area is 287 Å². The molecule has 2 fully saturated rings. The molecule has 2 rings (SSSR count). The van der Waals surface area contributed by atoms with Crippen molar-refractivity contribution in [2.45, 2.75) is 218 Å². The van der Waals surface area contributed by atoms with Gasteiger partial charge in [0.2, 0.25) is 0 Å². The molecule has 0 aromatic rings. The molecule has 1 heterocycles. The summed E-state index contributed by atoms with van der Waals surface area (Å²) in [5.41, 5.74) is 0. The molecular weight excluding hydrogens is 618 g/mol. The SMILES string of the molecule is CCCCCCC(F)(F)C(CCC1C(OC2CCCCO2)CC(O)C1CCCCCCCCC(=O)OC(C)C)O[Si](C)(C)C(C)(C)C. The Morgan fingerprint density at radius 3 is 2.21 bits per heavy atom. The molecule has 0 radical (unpaired) electrons. The van der Waals surface area contributed by atoms with Crippen LogP contribution in [-0.4, -0.2) is 62.6 Å². The molecule has 9 heteroatoms. The average Bonchev–Trinajstić information content (AvgIpc) is 3.27. The van der Waals surface area contributed by atoms with E-state index in [0.29, 0.717) is 32.3 Å². The third-order valence-corrected chi connectivity index (χ3v) is 15.3. The molecule has 1 aliphatic carbocycles. The van der Waals surface area contributed by atoms with E-state index in [-0.39, 0.29) is 54.2 Å². The maximum Gasteiger partial charge on any atom is 0.306 e. The molecule has 2 aliphatic rings. The highest BCUT2D eigenvalue weighted by Gasteiger charge is 2.49. The number of aliphatic hydroxyl groups excluding tert-OH is 1. The van der Waals surface area contributed by atoms with E-state index in [9.17, 15) is 9.90 Å². The second kappa shape index (κ2) is 20.9. The van der Waals surface area contributed by atoms with Crippen molar-refractivity contribution in [1.29, 1.82) is 0 Å². The number of halogens is 2. The summed E-state index contributed by atoms with van der Waals surface area (Å²) in [6.07, 6.45) is 12.6. The lowest BCUT2D eigenvalue weighted by Crippen LogP contribution is -2.49. The highest BCUT2D eigenvalue weighted by molar-refractivity contribution is 6.74. The molecule has 6 nitrogen and oxygen atoms in total. The van der Waals surface area contributed by atoms with Crippen LogP contribution < -0.4 is 0 Å². The summed E-state index contributed by atoms with van der Waals surface area (Å²) in [6.45, 7) is 17.0. The first-order chi connectivity index (χ1) is 22.1. The fourth-order valence-electron chi connectivity index (χ4n) is 6.98. The maximum absolute atomic E-state index is 16.0. The van der Waals surface area contributed by atoms with E-state index in [1.165, 1.54) is 0 Å². The second-order valence-electron chi connectivity index (χ2n) is 16.3. The summed E-state index contributed by atoms with van der Waals surface area (Å²) in [4.78, 5) is 11.8. The van der Waals surface area contributed by atoms with Crippen molar-refractivity contribution in [3.63, 3.8) is 0 Å². The van der Waals surface area contributed by atoms with E-state index in [4.69, 9.17) is 18.6 Å². The van der Waals surface area contributed by atoms with Crippen molar-refractivity contribution >= 4 is 14.3 Å². The van der Waals surface area contributed by atoms with Crippen LogP contribution in [0.1, 0.15) is 164 Å². The summed E-state index contributed by atoms with van der Waals surface area (Å²) in [7, 11) is -2.45. The molecule has 47 heavy (non-hydrogen) atoms. The molecule has 1 N–H and O–H groups in total. The maximum atomic E-state index is 16.0. The number of hydrogen-bond donors (Lipinski definition) is 1. The number of carbonyl (C=O) groups is 1. The summed E-state index contributed by atoms with van der Waals surface area (Å²) in [5.74, 6) is -3.02. The second-order valence-corrected chi connectivity index (χ2v) is 21.1. The van der Waals surface area contributed by atoms with E-state index in [2.05, 4.69) is 40.8 Å². The van der Waals surface area contributed by atoms with Crippen LogP contribution in [0, 0.1) is 11.8 Å². The number of ether oxygens (including phenoxy) is 3. The number of aliphatic hydroxyl groups is 1. The normalized spacial score (nSPS) is 25.0. The van der Waals surface area contributed by atoms with Crippen LogP contribution in [0.25, 0.3) is 0 Å². The van der Waals surface area contributed by atoms with Crippen molar-refractivity contribution in [1.82, 2.24) is 0 Å². The number of esters is 1. The van der Waals surface area contributed by atoms with E-state index >= 15 is 8.78 Å². The molecule has 0 bridgehead atoms. The quantitative estimate of drug-likeness (QED) is 0.0653. The zero-order chi connectivity index (χ0) is 35.1. The number of rotatable bonds is 23. The first-order valence-corrected chi connectivity index (χ1v) is 22.2. The molecule has 0 amide bonds. The van der Waals surface area contributed by atoms with Gasteiger partial charge in [0.1, 0.15) is 6.10 Å². The Morgan fingerprint density at radius 2 is 1.60 bits per heavy atom. The number of unbranched alkanes of at least 4 members (excludes halogenated alkanes) is 8. The third kappa shape index (κ3) is 15.4. The molecule has 0 spiro atoms. The smallest absolute Gasteiger partial charge is 0.306 e. The average molecular weight is 691 g/mol. The summed E-state index contributed by atoms with van der Waals surface area (Å²) in [5, 5.41) is 11.1. The minimum absolute atomic E-state index is 0.0103. The van der Waals surface area contributed by atoms with Crippen molar-refractivity contribution in [2.75, 3.05) is 6.61 Å². The van der Waals surface area contributed by atoms with Gasteiger partial charge in [-0.25, -0.2) is 8.78 Å². The molecular formula is C38H72F2O6Si. The molecule has 1 saturated carbocycles. The predicted molar refractivity (Wildman–Crippen MR) is 189 cm³/mol. The van der Waals surface area contributed by atoms with Crippen LogP contribution in [0.2, 0.25) is 18.1 Å². The highest BCUT2D eigenvalue weighted by atomic mass is 28.4. The van der Waals surface area contributed by atoms with Gasteiger partial charge in [0.15, 0.2) is 14.6 Å². The van der Waals surface area contributed by atoms with Gasteiger partial charge in [0.05, 0.1) is 18.3 Å². The third-order valence-electron chi connectivity index (χ3n) is 10.8. The molecule has 1 saturated heterocycles. The molecule has 6 unspecified atom stereocenters. The van der Waals surface area contributed by atoms with Gasteiger partial charge in [-0.1, -0.05) is 79.1 Å². The number of alkyl halides is 2. The zero-order valence-corrected chi connectivity index (χ0v) is 32.4. The molecule has 0 aromatic heterocycles.